The number of alkyl halides is 3. The summed E-state index contributed by atoms with van der Waals surface area (Å²) >= 11 is 0. The topological polar surface area (TPSA) is 70.2 Å². The minimum atomic E-state index is -4.84. The SMILES string of the molecule is O=C(NCc1ccccc1)NC(NC(=O)c1ccccc1)C(F)(F)F. The second kappa shape index (κ2) is 8.18. The summed E-state index contributed by atoms with van der Waals surface area (Å²) in [7, 11) is 0. The molecule has 0 bridgehead atoms. The van der Waals surface area contributed by atoms with E-state index in [1.165, 1.54) is 24.3 Å². The van der Waals surface area contributed by atoms with Gasteiger partial charge in [-0.25, -0.2) is 4.79 Å². The molecule has 0 aromatic heterocycles. The summed E-state index contributed by atoms with van der Waals surface area (Å²) in [6.07, 6.45) is -7.34. The highest BCUT2D eigenvalue weighted by atomic mass is 19.4. The quantitative estimate of drug-likeness (QED) is 0.725. The van der Waals surface area contributed by atoms with Crippen molar-refractivity contribution in [2.45, 2.75) is 18.9 Å². The van der Waals surface area contributed by atoms with Gasteiger partial charge in [0.2, 0.25) is 6.17 Å². The number of amides is 3. The van der Waals surface area contributed by atoms with Crippen LogP contribution in [0.1, 0.15) is 15.9 Å². The lowest BCUT2D eigenvalue weighted by atomic mass is 10.2. The van der Waals surface area contributed by atoms with E-state index in [1.807, 2.05) is 0 Å². The van der Waals surface area contributed by atoms with Crippen molar-refractivity contribution in [1.29, 1.82) is 0 Å². The molecule has 2 aromatic rings. The highest BCUT2D eigenvalue weighted by Crippen LogP contribution is 2.19. The molecule has 0 aliphatic rings. The maximum Gasteiger partial charge on any atom is 0.427 e. The molecule has 3 amide bonds. The van der Waals surface area contributed by atoms with Crippen LogP contribution in [0, 0.1) is 0 Å². The molecule has 132 valence electrons. The predicted molar refractivity (Wildman–Crippen MR) is 85.6 cm³/mol. The van der Waals surface area contributed by atoms with Gasteiger partial charge in [-0.2, -0.15) is 13.2 Å². The first kappa shape index (κ1) is 18.3. The number of nitrogens with one attached hydrogen (secondary N) is 3. The van der Waals surface area contributed by atoms with E-state index in [1.54, 1.807) is 47.0 Å². The number of benzene rings is 2. The molecule has 0 saturated carbocycles. The Labute approximate surface area is 142 Å². The number of urea groups is 1. The Bertz CT molecular complexity index is 706. The molecule has 1 unspecified atom stereocenters. The summed E-state index contributed by atoms with van der Waals surface area (Å²) in [5, 5.41) is 5.80. The van der Waals surface area contributed by atoms with Gasteiger partial charge in [0.05, 0.1) is 0 Å². The van der Waals surface area contributed by atoms with Gasteiger partial charge in [-0.1, -0.05) is 48.5 Å². The van der Waals surface area contributed by atoms with Gasteiger partial charge in [0.25, 0.3) is 5.91 Å². The van der Waals surface area contributed by atoms with Crippen LogP contribution in [-0.4, -0.2) is 24.3 Å². The fraction of sp³-hybridized carbons (Fsp3) is 0.176. The summed E-state index contributed by atoms with van der Waals surface area (Å²) in [4.78, 5) is 23.6. The summed E-state index contributed by atoms with van der Waals surface area (Å²) in [5.74, 6) is -0.939. The summed E-state index contributed by atoms with van der Waals surface area (Å²) < 4.78 is 39.2. The second-order valence-electron chi connectivity index (χ2n) is 5.13. The van der Waals surface area contributed by atoms with Crippen molar-refractivity contribution in [2.24, 2.45) is 0 Å². The van der Waals surface area contributed by atoms with Crippen LogP contribution in [0.2, 0.25) is 0 Å². The fourth-order valence-corrected chi connectivity index (χ4v) is 1.96. The third kappa shape index (κ3) is 5.83. The van der Waals surface area contributed by atoms with E-state index in [9.17, 15) is 22.8 Å². The van der Waals surface area contributed by atoms with Gasteiger partial charge in [0, 0.05) is 12.1 Å². The van der Waals surface area contributed by atoms with Crippen LogP contribution in [0.3, 0.4) is 0 Å². The van der Waals surface area contributed by atoms with E-state index in [2.05, 4.69) is 5.32 Å². The molecular formula is C17H16F3N3O2. The third-order valence-corrected chi connectivity index (χ3v) is 3.21. The molecule has 0 fully saturated rings. The van der Waals surface area contributed by atoms with Crippen molar-refractivity contribution in [3.63, 3.8) is 0 Å². The van der Waals surface area contributed by atoms with Crippen LogP contribution in [0.5, 0.6) is 0 Å². The third-order valence-electron chi connectivity index (χ3n) is 3.21. The largest absolute Gasteiger partial charge is 0.427 e. The first-order chi connectivity index (χ1) is 11.9. The molecule has 25 heavy (non-hydrogen) atoms. The van der Waals surface area contributed by atoms with Crippen LogP contribution >= 0.6 is 0 Å². The maximum atomic E-state index is 13.1. The molecule has 0 saturated heterocycles. The fourth-order valence-electron chi connectivity index (χ4n) is 1.96. The summed E-state index contributed by atoms with van der Waals surface area (Å²) in [6, 6.07) is 15.1. The van der Waals surface area contributed by atoms with E-state index in [-0.39, 0.29) is 12.1 Å². The molecule has 2 aromatic carbocycles. The van der Waals surface area contributed by atoms with Crippen LogP contribution in [-0.2, 0) is 6.54 Å². The average molecular weight is 351 g/mol. The van der Waals surface area contributed by atoms with Crippen LogP contribution in [0.15, 0.2) is 60.7 Å². The number of halogens is 3. The first-order valence-corrected chi connectivity index (χ1v) is 7.37. The van der Waals surface area contributed by atoms with Crippen molar-refractivity contribution < 1.29 is 22.8 Å². The minimum absolute atomic E-state index is 0.0586. The van der Waals surface area contributed by atoms with E-state index in [4.69, 9.17) is 0 Å². The number of hydrogen-bond donors (Lipinski definition) is 3. The maximum absolute atomic E-state index is 13.1. The Kier molecular flexibility index (Phi) is 5.99. The minimum Gasteiger partial charge on any atom is -0.334 e. The van der Waals surface area contributed by atoms with Crippen molar-refractivity contribution in [2.75, 3.05) is 0 Å². The number of rotatable bonds is 5. The van der Waals surface area contributed by atoms with Gasteiger partial charge in [-0.15, -0.1) is 0 Å². The summed E-state index contributed by atoms with van der Waals surface area (Å²) in [6.45, 7) is 0.0594. The molecule has 0 heterocycles. The van der Waals surface area contributed by atoms with E-state index in [0.29, 0.717) is 0 Å². The zero-order valence-corrected chi connectivity index (χ0v) is 13.0. The van der Waals surface area contributed by atoms with Crippen molar-refractivity contribution in [3.05, 3.63) is 71.8 Å². The highest BCUT2D eigenvalue weighted by Gasteiger charge is 2.42. The van der Waals surface area contributed by atoms with Crippen LogP contribution in [0.4, 0.5) is 18.0 Å². The first-order valence-electron chi connectivity index (χ1n) is 7.37. The Morgan fingerprint density at radius 1 is 0.880 bits per heavy atom. The molecule has 8 heteroatoms. The van der Waals surface area contributed by atoms with Gasteiger partial charge in [-0.05, 0) is 17.7 Å². The van der Waals surface area contributed by atoms with Gasteiger partial charge >= 0.3 is 12.2 Å². The molecule has 0 aliphatic heterocycles. The average Bonchev–Trinajstić information content (AvgIpc) is 2.60. The number of carbonyl (C=O) groups excluding carboxylic acids is 2. The molecule has 0 radical (unpaired) electrons. The van der Waals surface area contributed by atoms with Crippen molar-refractivity contribution in [1.82, 2.24) is 16.0 Å². The lowest BCUT2D eigenvalue weighted by molar-refractivity contribution is -0.157. The Hall–Kier alpha value is -3.03. The second-order valence-corrected chi connectivity index (χ2v) is 5.13. The zero-order valence-electron chi connectivity index (χ0n) is 13.0. The van der Waals surface area contributed by atoms with Crippen LogP contribution in [0.25, 0.3) is 0 Å². The molecule has 5 nitrogen and oxygen atoms in total. The Balaban J connectivity index is 1.95. The van der Waals surface area contributed by atoms with Crippen molar-refractivity contribution in [3.8, 4) is 0 Å². The summed E-state index contributed by atoms with van der Waals surface area (Å²) in [5.41, 5.74) is 0.790. The van der Waals surface area contributed by atoms with E-state index >= 15 is 0 Å². The Morgan fingerprint density at radius 2 is 1.44 bits per heavy atom. The number of hydrogen-bond acceptors (Lipinski definition) is 2. The van der Waals surface area contributed by atoms with Crippen LogP contribution < -0.4 is 16.0 Å². The normalized spacial score (nSPS) is 12.1. The van der Waals surface area contributed by atoms with Gasteiger partial charge < -0.3 is 16.0 Å². The standard InChI is InChI=1S/C17H16F3N3O2/c18-17(19,20)15(22-14(24)13-9-5-2-6-10-13)23-16(25)21-11-12-7-3-1-4-8-12/h1-10,15H,11H2,(H,22,24)(H2,21,23,25). The Morgan fingerprint density at radius 3 is 2.00 bits per heavy atom. The molecular weight excluding hydrogens is 335 g/mol. The zero-order chi connectivity index (χ0) is 18.3. The monoisotopic (exact) mass is 351 g/mol. The van der Waals surface area contributed by atoms with Gasteiger partial charge in [0.1, 0.15) is 0 Å². The molecule has 1 atom stereocenters. The predicted octanol–water partition coefficient (Wildman–Crippen LogP) is 2.80. The molecule has 0 aliphatic carbocycles. The van der Waals surface area contributed by atoms with Gasteiger partial charge in [0.15, 0.2) is 0 Å². The smallest absolute Gasteiger partial charge is 0.334 e. The molecule has 3 N–H and O–H groups in total. The van der Waals surface area contributed by atoms with E-state index in [0.717, 1.165) is 5.56 Å². The lowest BCUT2D eigenvalue weighted by Crippen LogP contribution is -2.58. The molecule has 0 spiro atoms. The van der Waals surface area contributed by atoms with E-state index < -0.39 is 24.3 Å². The lowest BCUT2D eigenvalue weighted by Gasteiger charge is -2.23. The molecule has 2 rings (SSSR count). The number of carbonyl (C=O) groups is 2. The van der Waals surface area contributed by atoms with Gasteiger partial charge in [-0.3, -0.25) is 4.79 Å². The highest BCUT2D eigenvalue weighted by molar-refractivity contribution is 5.94. The van der Waals surface area contributed by atoms with Crippen molar-refractivity contribution >= 4 is 11.9 Å².